The highest BCUT2D eigenvalue weighted by atomic mass is 19.4. The number of hydrogen-bond acceptors (Lipinski definition) is 2. The Morgan fingerprint density at radius 1 is 1.15 bits per heavy atom. The fourth-order valence-corrected chi connectivity index (χ4v) is 2.92. The molecule has 0 bridgehead atoms. The van der Waals surface area contributed by atoms with Gasteiger partial charge in [-0.25, -0.2) is 8.78 Å². The van der Waals surface area contributed by atoms with Gasteiger partial charge in [0.25, 0.3) is 0 Å². The average Bonchev–Trinajstić information content (AvgIpc) is 2.64. The van der Waals surface area contributed by atoms with E-state index in [1.54, 1.807) is 19.1 Å². The van der Waals surface area contributed by atoms with E-state index in [0.717, 1.165) is 37.7 Å². The summed E-state index contributed by atoms with van der Waals surface area (Å²) in [6.45, 7) is 5.76. The zero-order valence-corrected chi connectivity index (χ0v) is 15.2. The van der Waals surface area contributed by atoms with Crippen LogP contribution in [0.5, 0.6) is 0 Å². The molecule has 1 saturated heterocycles. The summed E-state index contributed by atoms with van der Waals surface area (Å²) in [6, 6.07) is 7.29. The predicted molar refractivity (Wildman–Crippen MR) is 96.2 cm³/mol. The van der Waals surface area contributed by atoms with E-state index in [-0.39, 0.29) is 0 Å². The van der Waals surface area contributed by atoms with Crippen molar-refractivity contribution in [2.45, 2.75) is 33.1 Å². The molecule has 0 unspecified atom stereocenters. The zero-order chi connectivity index (χ0) is 20.0. The summed E-state index contributed by atoms with van der Waals surface area (Å²) in [5, 5.41) is 0. The van der Waals surface area contributed by atoms with Gasteiger partial charge in [0.05, 0.1) is 0 Å². The standard InChI is InChI=1S/C20H22F5NO/c1-3-15(12-18(22)19(13-21)27-20(23,24)25)16-4-6-17(7-5-16)26-10-8-14(2)9-11-26/h3-7,12-14H,8-11H2,1-2H3/b15-3+,18-12+,19-13-. The molecule has 0 saturated carbocycles. The Hall–Kier alpha value is -2.31. The molecule has 0 radical (unpaired) electrons. The van der Waals surface area contributed by atoms with Crippen LogP contribution in [0.1, 0.15) is 32.3 Å². The van der Waals surface area contributed by atoms with Crippen LogP contribution in [-0.2, 0) is 4.74 Å². The SMILES string of the molecule is C\C=C(/C=C(F)\C(=C\F)OC(F)(F)F)c1ccc(N2CCC(C)CC2)cc1. The van der Waals surface area contributed by atoms with Gasteiger partial charge in [-0.3, -0.25) is 0 Å². The quantitative estimate of drug-likeness (QED) is 0.324. The van der Waals surface area contributed by atoms with Gasteiger partial charge in [-0.05, 0) is 55.0 Å². The fourth-order valence-electron chi connectivity index (χ4n) is 2.92. The van der Waals surface area contributed by atoms with Gasteiger partial charge in [-0.2, -0.15) is 0 Å². The number of hydrogen-bond donors (Lipinski definition) is 0. The van der Waals surface area contributed by atoms with Gasteiger partial charge in [0.15, 0.2) is 11.6 Å². The van der Waals surface area contributed by atoms with E-state index in [1.807, 2.05) is 12.1 Å². The minimum Gasteiger partial charge on any atom is -0.400 e. The summed E-state index contributed by atoms with van der Waals surface area (Å²) in [5.41, 5.74) is 1.96. The second-order valence-electron chi connectivity index (χ2n) is 6.47. The predicted octanol–water partition coefficient (Wildman–Crippen LogP) is 6.53. The topological polar surface area (TPSA) is 12.5 Å². The minimum absolute atomic E-state index is 0.316. The molecule has 1 aliphatic rings. The summed E-state index contributed by atoms with van der Waals surface area (Å²) < 4.78 is 66.5. The highest BCUT2D eigenvalue weighted by molar-refractivity contribution is 5.75. The maximum absolute atomic E-state index is 14.0. The van der Waals surface area contributed by atoms with Crippen LogP contribution in [0.25, 0.3) is 5.57 Å². The molecule has 2 rings (SSSR count). The first-order valence-electron chi connectivity index (χ1n) is 8.69. The van der Waals surface area contributed by atoms with E-state index in [2.05, 4.69) is 16.6 Å². The third-order valence-electron chi connectivity index (χ3n) is 4.50. The summed E-state index contributed by atoms with van der Waals surface area (Å²) in [6.07, 6.45) is -1.14. The Kier molecular flexibility index (Phi) is 7.05. The summed E-state index contributed by atoms with van der Waals surface area (Å²) in [4.78, 5) is 2.26. The van der Waals surface area contributed by atoms with Crippen molar-refractivity contribution in [2.24, 2.45) is 5.92 Å². The largest absolute Gasteiger partial charge is 0.573 e. The van der Waals surface area contributed by atoms with Crippen LogP contribution in [0.4, 0.5) is 27.6 Å². The van der Waals surface area contributed by atoms with E-state index >= 15 is 0 Å². The number of benzene rings is 1. The number of rotatable bonds is 5. The van der Waals surface area contributed by atoms with Crippen molar-refractivity contribution in [3.63, 3.8) is 0 Å². The number of nitrogens with zero attached hydrogens (tertiary/aromatic N) is 1. The molecule has 0 aliphatic carbocycles. The second kappa shape index (κ2) is 9.06. The summed E-state index contributed by atoms with van der Waals surface area (Å²) in [5.74, 6) is -2.25. The van der Waals surface area contributed by atoms with E-state index < -0.39 is 24.3 Å². The van der Waals surface area contributed by atoms with Crippen LogP contribution in [0.2, 0.25) is 0 Å². The van der Waals surface area contributed by atoms with Gasteiger partial charge in [0.1, 0.15) is 6.33 Å². The van der Waals surface area contributed by atoms with Crippen molar-refractivity contribution in [2.75, 3.05) is 18.0 Å². The number of alkyl halides is 3. The Morgan fingerprint density at radius 2 is 1.74 bits per heavy atom. The lowest BCUT2D eigenvalue weighted by atomic mass is 9.98. The first-order valence-corrected chi connectivity index (χ1v) is 8.69. The Balaban J connectivity index is 2.15. The number of piperidine rings is 1. The van der Waals surface area contributed by atoms with Crippen molar-refractivity contribution >= 4 is 11.3 Å². The van der Waals surface area contributed by atoms with Gasteiger partial charge >= 0.3 is 6.36 Å². The molecule has 0 amide bonds. The van der Waals surface area contributed by atoms with Gasteiger partial charge in [-0.1, -0.05) is 25.1 Å². The van der Waals surface area contributed by atoms with Crippen molar-refractivity contribution in [3.8, 4) is 0 Å². The molecule has 7 heteroatoms. The van der Waals surface area contributed by atoms with Crippen LogP contribution in [-0.4, -0.2) is 19.5 Å². The highest BCUT2D eigenvalue weighted by Gasteiger charge is 2.33. The zero-order valence-electron chi connectivity index (χ0n) is 15.2. The Bertz CT molecular complexity index is 711. The van der Waals surface area contributed by atoms with Crippen molar-refractivity contribution in [3.05, 3.63) is 59.9 Å². The smallest absolute Gasteiger partial charge is 0.400 e. The molecule has 1 aromatic rings. The van der Waals surface area contributed by atoms with Gasteiger partial charge in [-0.15, -0.1) is 13.2 Å². The summed E-state index contributed by atoms with van der Waals surface area (Å²) >= 11 is 0. The molecule has 148 valence electrons. The lowest BCUT2D eigenvalue weighted by Gasteiger charge is -2.32. The lowest BCUT2D eigenvalue weighted by molar-refractivity contribution is -0.305. The molecule has 2 nitrogen and oxygen atoms in total. The van der Waals surface area contributed by atoms with Gasteiger partial charge < -0.3 is 9.64 Å². The molecule has 27 heavy (non-hydrogen) atoms. The molecule has 1 heterocycles. The summed E-state index contributed by atoms with van der Waals surface area (Å²) in [7, 11) is 0. The van der Waals surface area contributed by atoms with Gasteiger partial charge in [0, 0.05) is 18.8 Å². The van der Waals surface area contributed by atoms with E-state index in [1.165, 1.54) is 6.08 Å². The number of anilines is 1. The maximum atomic E-state index is 14.0. The molecular weight excluding hydrogens is 365 g/mol. The van der Waals surface area contributed by atoms with E-state index in [0.29, 0.717) is 17.1 Å². The van der Waals surface area contributed by atoms with E-state index in [9.17, 15) is 22.0 Å². The molecule has 0 aromatic heterocycles. The molecule has 0 atom stereocenters. The molecule has 1 fully saturated rings. The average molecular weight is 387 g/mol. The number of ether oxygens (including phenoxy) is 1. The highest BCUT2D eigenvalue weighted by Crippen LogP contribution is 2.29. The number of allylic oxidation sites excluding steroid dienone is 4. The van der Waals surface area contributed by atoms with Gasteiger partial charge in [0.2, 0.25) is 0 Å². The first kappa shape index (κ1) is 21.0. The third kappa shape index (κ3) is 6.12. The monoisotopic (exact) mass is 387 g/mol. The lowest BCUT2D eigenvalue weighted by Crippen LogP contribution is -2.32. The molecule has 0 N–H and O–H groups in total. The first-order chi connectivity index (χ1) is 12.7. The number of halogens is 5. The Labute approximate surface area is 155 Å². The van der Waals surface area contributed by atoms with Crippen LogP contribution in [0, 0.1) is 5.92 Å². The van der Waals surface area contributed by atoms with Crippen LogP contribution >= 0.6 is 0 Å². The fraction of sp³-hybridized carbons (Fsp3) is 0.400. The van der Waals surface area contributed by atoms with Crippen molar-refractivity contribution in [1.82, 2.24) is 0 Å². The maximum Gasteiger partial charge on any atom is 0.573 e. The Morgan fingerprint density at radius 3 is 2.22 bits per heavy atom. The third-order valence-corrected chi connectivity index (χ3v) is 4.50. The molecule has 1 aromatic carbocycles. The van der Waals surface area contributed by atoms with Crippen LogP contribution in [0.3, 0.4) is 0 Å². The molecule has 1 aliphatic heterocycles. The van der Waals surface area contributed by atoms with Crippen LogP contribution < -0.4 is 4.90 Å². The second-order valence-corrected chi connectivity index (χ2v) is 6.47. The van der Waals surface area contributed by atoms with Crippen LogP contribution in [0.15, 0.2) is 54.3 Å². The van der Waals surface area contributed by atoms with E-state index in [4.69, 9.17) is 0 Å². The molecular formula is C20H22F5NO. The normalized spacial score (nSPS) is 18.0. The van der Waals surface area contributed by atoms with Crippen molar-refractivity contribution < 1.29 is 26.7 Å². The molecule has 0 spiro atoms. The van der Waals surface area contributed by atoms with Crippen molar-refractivity contribution in [1.29, 1.82) is 0 Å². The minimum atomic E-state index is -5.17.